The number of nitrogens with zero attached hydrogens (tertiary/aromatic N) is 6. The Labute approximate surface area is 102 Å². The highest BCUT2D eigenvalue weighted by Crippen LogP contribution is 2.20. The van der Waals surface area contributed by atoms with Gasteiger partial charge in [0.2, 0.25) is 5.82 Å². The van der Waals surface area contributed by atoms with E-state index >= 15 is 0 Å². The van der Waals surface area contributed by atoms with Crippen LogP contribution in [-0.4, -0.2) is 35.1 Å². The molecule has 0 aliphatic carbocycles. The molecule has 0 aliphatic heterocycles. The highest BCUT2D eigenvalue weighted by Gasteiger charge is 2.16. The minimum absolute atomic E-state index is 0.377. The molecule has 0 amide bonds. The monoisotopic (exact) mass is 245 g/mol. The van der Waals surface area contributed by atoms with Gasteiger partial charge in [0.05, 0.1) is 5.69 Å². The molecule has 0 fully saturated rings. The van der Waals surface area contributed by atoms with Crippen LogP contribution in [0.4, 0.5) is 0 Å². The second kappa shape index (κ2) is 4.06. The van der Waals surface area contributed by atoms with Gasteiger partial charge in [-0.05, 0) is 12.5 Å². The second-order valence-corrected chi connectivity index (χ2v) is 3.76. The average molecular weight is 245 g/mol. The van der Waals surface area contributed by atoms with Crippen LogP contribution in [0.3, 0.4) is 0 Å². The predicted octanol–water partition coefficient (Wildman–Crippen LogP) is 0.818. The highest BCUT2D eigenvalue weighted by atomic mass is 16.5. The number of hydrogen-bond donors (Lipinski definition) is 1. The predicted molar refractivity (Wildman–Crippen MR) is 61.3 cm³/mol. The largest absolute Gasteiger partial charge is 0.332 e. The summed E-state index contributed by atoms with van der Waals surface area (Å²) >= 11 is 0. The number of H-pyrrole nitrogens is 1. The summed E-state index contributed by atoms with van der Waals surface area (Å²) < 4.78 is 6.92. The number of nitrogens with one attached hydrogen (secondary N) is 1. The van der Waals surface area contributed by atoms with Crippen LogP contribution in [0.2, 0.25) is 0 Å². The Kier molecular flexibility index (Phi) is 2.40. The van der Waals surface area contributed by atoms with E-state index < -0.39 is 0 Å². The van der Waals surface area contributed by atoms with Crippen LogP contribution in [0.15, 0.2) is 16.9 Å². The Balaban J connectivity index is 2.00. The Morgan fingerprint density at radius 3 is 3.00 bits per heavy atom. The molecule has 0 spiro atoms. The lowest BCUT2D eigenvalue weighted by molar-refractivity contribution is 0.428. The molecule has 0 aliphatic rings. The maximum Gasteiger partial charge on any atom is 0.276 e. The molecule has 0 bridgehead atoms. The molecule has 18 heavy (non-hydrogen) atoms. The van der Waals surface area contributed by atoms with E-state index in [4.69, 9.17) is 4.52 Å². The van der Waals surface area contributed by atoms with E-state index in [-0.39, 0.29) is 0 Å². The van der Waals surface area contributed by atoms with E-state index in [2.05, 4.69) is 30.4 Å². The Morgan fingerprint density at radius 1 is 1.44 bits per heavy atom. The summed E-state index contributed by atoms with van der Waals surface area (Å²) in [6, 6.07) is 1.93. The third-order valence-electron chi connectivity index (χ3n) is 2.56. The third kappa shape index (κ3) is 1.67. The van der Waals surface area contributed by atoms with Gasteiger partial charge in [0.25, 0.3) is 5.89 Å². The topological polar surface area (TPSA) is 98.3 Å². The van der Waals surface area contributed by atoms with Crippen LogP contribution in [0.1, 0.15) is 12.6 Å². The maximum atomic E-state index is 5.20. The quantitative estimate of drug-likeness (QED) is 0.733. The summed E-state index contributed by atoms with van der Waals surface area (Å²) in [5.41, 5.74) is 1.76. The first-order chi connectivity index (χ1) is 8.78. The van der Waals surface area contributed by atoms with Crippen molar-refractivity contribution in [1.82, 2.24) is 35.1 Å². The van der Waals surface area contributed by atoms with E-state index in [1.165, 1.54) is 6.33 Å². The minimum atomic E-state index is 0.377. The van der Waals surface area contributed by atoms with Gasteiger partial charge in [-0.3, -0.25) is 9.78 Å². The lowest BCUT2D eigenvalue weighted by Gasteiger charge is -1.92. The van der Waals surface area contributed by atoms with Gasteiger partial charge >= 0.3 is 0 Å². The van der Waals surface area contributed by atoms with Crippen molar-refractivity contribution in [2.45, 2.75) is 13.3 Å². The molecule has 0 unspecified atom stereocenters. The molecule has 3 aromatic heterocycles. The zero-order valence-corrected chi connectivity index (χ0v) is 9.95. The van der Waals surface area contributed by atoms with Crippen LogP contribution >= 0.6 is 0 Å². The molecule has 8 nitrogen and oxygen atoms in total. The van der Waals surface area contributed by atoms with Gasteiger partial charge in [0.15, 0.2) is 5.82 Å². The Hall–Kier alpha value is -2.51. The van der Waals surface area contributed by atoms with Crippen molar-refractivity contribution in [3.8, 4) is 23.2 Å². The molecule has 0 saturated heterocycles. The zero-order valence-electron chi connectivity index (χ0n) is 9.95. The fraction of sp³-hybridized carbons (Fsp3) is 0.300. The fourth-order valence-corrected chi connectivity index (χ4v) is 1.64. The van der Waals surface area contributed by atoms with Crippen LogP contribution in [-0.2, 0) is 13.5 Å². The normalized spacial score (nSPS) is 11.0. The lowest BCUT2D eigenvalue weighted by atomic mass is 10.3. The van der Waals surface area contributed by atoms with Crippen molar-refractivity contribution in [2.24, 2.45) is 7.05 Å². The molecule has 0 atom stereocenters. The summed E-state index contributed by atoms with van der Waals surface area (Å²) in [5, 5.41) is 14.6. The third-order valence-corrected chi connectivity index (χ3v) is 2.56. The smallest absolute Gasteiger partial charge is 0.276 e. The SMILES string of the molecule is CCc1cc(-c2nc(-c3ncn[nH]3)no2)n(C)n1. The highest BCUT2D eigenvalue weighted by molar-refractivity contribution is 5.52. The summed E-state index contributed by atoms with van der Waals surface area (Å²) in [4.78, 5) is 8.22. The van der Waals surface area contributed by atoms with Crippen molar-refractivity contribution in [3.05, 3.63) is 18.1 Å². The first-order valence-corrected chi connectivity index (χ1v) is 5.50. The summed E-state index contributed by atoms with van der Waals surface area (Å²) in [5.74, 6) is 1.26. The first kappa shape index (κ1) is 10.6. The van der Waals surface area contributed by atoms with Gasteiger partial charge in [-0.1, -0.05) is 12.1 Å². The number of aromatic amines is 1. The molecule has 1 N–H and O–H groups in total. The molecule has 3 rings (SSSR count). The first-order valence-electron chi connectivity index (χ1n) is 5.50. The van der Waals surface area contributed by atoms with E-state index in [1.54, 1.807) is 4.68 Å². The van der Waals surface area contributed by atoms with E-state index in [0.29, 0.717) is 17.5 Å². The molecule has 0 radical (unpaired) electrons. The summed E-state index contributed by atoms with van der Waals surface area (Å²) in [6.07, 6.45) is 2.25. The van der Waals surface area contributed by atoms with Crippen molar-refractivity contribution in [2.75, 3.05) is 0 Å². The van der Waals surface area contributed by atoms with E-state index in [0.717, 1.165) is 17.8 Å². The minimum Gasteiger partial charge on any atom is -0.332 e. The van der Waals surface area contributed by atoms with Crippen LogP contribution < -0.4 is 0 Å². The lowest BCUT2D eigenvalue weighted by Crippen LogP contribution is -1.94. The van der Waals surface area contributed by atoms with Crippen LogP contribution in [0, 0.1) is 0 Å². The number of rotatable bonds is 3. The molecule has 3 heterocycles. The summed E-state index contributed by atoms with van der Waals surface area (Å²) in [7, 11) is 1.84. The second-order valence-electron chi connectivity index (χ2n) is 3.76. The van der Waals surface area contributed by atoms with Crippen LogP contribution in [0.5, 0.6) is 0 Å². The van der Waals surface area contributed by atoms with Gasteiger partial charge in [-0.25, -0.2) is 4.98 Å². The molecule has 0 saturated carbocycles. The van der Waals surface area contributed by atoms with E-state index in [1.807, 2.05) is 20.0 Å². The fourth-order valence-electron chi connectivity index (χ4n) is 1.64. The summed E-state index contributed by atoms with van der Waals surface area (Å²) in [6.45, 7) is 2.04. The average Bonchev–Trinajstić information content (AvgIpc) is 3.08. The molecule has 3 aromatic rings. The van der Waals surface area contributed by atoms with Crippen molar-refractivity contribution >= 4 is 0 Å². The molecular weight excluding hydrogens is 234 g/mol. The Morgan fingerprint density at radius 2 is 2.33 bits per heavy atom. The number of hydrogen-bond acceptors (Lipinski definition) is 6. The number of aromatic nitrogens is 7. The van der Waals surface area contributed by atoms with Crippen molar-refractivity contribution in [1.29, 1.82) is 0 Å². The molecule has 8 heteroatoms. The standard InChI is InChI=1S/C10H11N7O/c1-3-6-4-7(17(2)15-6)10-13-9(16-18-10)8-11-5-12-14-8/h4-5H,3H2,1-2H3,(H,11,12,14). The van der Waals surface area contributed by atoms with Gasteiger partial charge in [-0.2, -0.15) is 15.2 Å². The van der Waals surface area contributed by atoms with E-state index in [9.17, 15) is 0 Å². The maximum absolute atomic E-state index is 5.20. The zero-order chi connectivity index (χ0) is 12.5. The van der Waals surface area contributed by atoms with Crippen LogP contribution in [0.25, 0.3) is 23.2 Å². The van der Waals surface area contributed by atoms with Crippen molar-refractivity contribution < 1.29 is 4.52 Å². The molecule has 92 valence electrons. The molecule has 0 aromatic carbocycles. The molecular formula is C10H11N7O. The van der Waals surface area contributed by atoms with Crippen molar-refractivity contribution in [3.63, 3.8) is 0 Å². The van der Waals surface area contributed by atoms with Gasteiger partial charge in [0.1, 0.15) is 12.0 Å². The Bertz CT molecular complexity index is 652. The van der Waals surface area contributed by atoms with Gasteiger partial charge in [0, 0.05) is 7.05 Å². The number of aryl methyl sites for hydroxylation is 2. The van der Waals surface area contributed by atoms with Gasteiger partial charge < -0.3 is 4.52 Å². The van der Waals surface area contributed by atoms with Gasteiger partial charge in [-0.15, -0.1) is 0 Å².